The fourth-order valence-corrected chi connectivity index (χ4v) is 2.87. The summed E-state index contributed by atoms with van der Waals surface area (Å²) in [5, 5.41) is 6.38. The van der Waals surface area contributed by atoms with Gasteiger partial charge in [0.1, 0.15) is 0 Å². The molecule has 26 heavy (non-hydrogen) atoms. The Morgan fingerprint density at radius 2 is 1.85 bits per heavy atom. The zero-order chi connectivity index (χ0) is 19.5. The Morgan fingerprint density at radius 3 is 2.38 bits per heavy atom. The molecule has 0 saturated heterocycles. The fourth-order valence-electron chi connectivity index (χ4n) is 2.61. The molecule has 0 unspecified atom stereocenters. The van der Waals surface area contributed by atoms with Crippen molar-refractivity contribution < 1.29 is 18.0 Å². The standard InChI is InChI=1S/C18H21BrF3N3O/c1-11(2)25-16(18(20,21)22)15(10-23-25)17(26)24-12(3)4-5-13-6-8-14(19)9-7-13/h6-12H,4-5H2,1-3H3,(H,24,26)/t12-/m0/s1. The number of amides is 1. The van der Waals surface area contributed by atoms with E-state index in [-0.39, 0.29) is 6.04 Å². The van der Waals surface area contributed by atoms with Crippen molar-refractivity contribution in [1.82, 2.24) is 15.1 Å². The summed E-state index contributed by atoms with van der Waals surface area (Å²) in [6.45, 7) is 4.95. The van der Waals surface area contributed by atoms with E-state index in [1.165, 1.54) is 0 Å². The van der Waals surface area contributed by atoms with Crippen LogP contribution in [0.5, 0.6) is 0 Å². The van der Waals surface area contributed by atoms with Gasteiger partial charge in [-0.1, -0.05) is 28.1 Å². The highest BCUT2D eigenvalue weighted by atomic mass is 79.9. The molecule has 0 fully saturated rings. The summed E-state index contributed by atoms with van der Waals surface area (Å²) >= 11 is 3.36. The van der Waals surface area contributed by atoms with E-state index >= 15 is 0 Å². The van der Waals surface area contributed by atoms with E-state index in [2.05, 4.69) is 26.3 Å². The van der Waals surface area contributed by atoms with Gasteiger partial charge in [-0.2, -0.15) is 18.3 Å². The molecule has 2 aromatic rings. The van der Waals surface area contributed by atoms with E-state index in [0.29, 0.717) is 12.8 Å². The molecule has 0 bridgehead atoms. The molecule has 0 spiro atoms. The summed E-state index contributed by atoms with van der Waals surface area (Å²) in [6, 6.07) is 7.01. The lowest BCUT2D eigenvalue weighted by molar-refractivity contribution is -0.145. The van der Waals surface area contributed by atoms with Crippen molar-refractivity contribution in [2.75, 3.05) is 0 Å². The Balaban J connectivity index is 2.06. The van der Waals surface area contributed by atoms with Crippen LogP contribution in [0.15, 0.2) is 34.9 Å². The molecule has 1 aromatic heterocycles. The van der Waals surface area contributed by atoms with Crippen LogP contribution < -0.4 is 5.32 Å². The largest absolute Gasteiger partial charge is 0.433 e. The first kappa shape index (κ1) is 20.5. The third kappa shape index (κ3) is 5.09. The lowest BCUT2D eigenvalue weighted by atomic mass is 10.1. The van der Waals surface area contributed by atoms with Gasteiger partial charge in [-0.05, 0) is 51.3 Å². The van der Waals surface area contributed by atoms with Gasteiger partial charge in [-0.25, -0.2) is 0 Å². The fraction of sp³-hybridized carbons (Fsp3) is 0.444. The van der Waals surface area contributed by atoms with Crippen LogP contribution in [0.3, 0.4) is 0 Å². The van der Waals surface area contributed by atoms with Gasteiger partial charge in [-0.15, -0.1) is 0 Å². The maximum absolute atomic E-state index is 13.4. The number of nitrogens with one attached hydrogen (secondary N) is 1. The number of nitrogens with zero attached hydrogens (tertiary/aromatic N) is 2. The minimum absolute atomic E-state index is 0.269. The Kier molecular flexibility index (Phi) is 6.49. The van der Waals surface area contributed by atoms with Crippen molar-refractivity contribution in [2.45, 2.75) is 51.9 Å². The average Bonchev–Trinajstić information content (AvgIpc) is 3.00. The van der Waals surface area contributed by atoms with Gasteiger partial charge in [0.15, 0.2) is 5.69 Å². The zero-order valence-corrected chi connectivity index (χ0v) is 16.4. The second-order valence-electron chi connectivity index (χ2n) is 6.48. The van der Waals surface area contributed by atoms with E-state index in [1.807, 2.05) is 24.3 Å². The predicted molar refractivity (Wildman–Crippen MR) is 97.0 cm³/mol. The van der Waals surface area contributed by atoms with Crippen molar-refractivity contribution in [1.29, 1.82) is 0 Å². The van der Waals surface area contributed by atoms with E-state index in [1.54, 1.807) is 20.8 Å². The zero-order valence-electron chi connectivity index (χ0n) is 14.8. The smallest absolute Gasteiger partial charge is 0.349 e. The summed E-state index contributed by atoms with van der Waals surface area (Å²) in [6.07, 6.45) is -2.33. The van der Waals surface area contributed by atoms with E-state index in [4.69, 9.17) is 0 Å². The molecule has 1 aromatic carbocycles. The monoisotopic (exact) mass is 431 g/mol. The van der Waals surface area contributed by atoms with Crippen LogP contribution in [-0.4, -0.2) is 21.7 Å². The molecule has 0 saturated carbocycles. The normalized spacial score (nSPS) is 13.1. The number of hydrogen-bond donors (Lipinski definition) is 1. The Labute approximate surface area is 158 Å². The first-order valence-corrected chi connectivity index (χ1v) is 9.09. The number of rotatable bonds is 6. The number of alkyl halides is 3. The Morgan fingerprint density at radius 1 is 1.23 bits per heavy atom. The summed E-state index contributed by atoms with van der Waals surface area (Å²) < 4.78 is 41.9. The van der Waals surface area contributed by atoms with Crippen LogP contribution in [0.2, 0.25) is 0 Å². The van der Waals surface area contributed by atoms with Crippen LogP contribution in [-0.2, 0) is 12.6 Å². The molecule has 0 aliphatic carbocycles. The third-order valence-corrected chi connectivity index (χ3v) is 4.48. The molecule has 1 N–H and O–H groups in total. The van der Waals surface area contributed by atoms with E-state index in [9.17, 15) is 18.0 Å². The number of hydrogen-bond acceptors (Lipinski definition) is 2. The van der Waals surface area contributed by atoms with Gasteiger partial charge in [0.2, 0.25) is 0 Å². The highest BCUT2D eigenvalue weighted by molar-refractivity contribution is 9.10. The number of halogens is 4. The Hall–Kier alpha value is -1.83. The molecule has 0 aliphatic rings. The summed E-state index contributed by atoms with van der Waals surface area (Å²) in [5.74, 6) is -0.757. The van der Waals surface area contributed by atoms with Gasteiger partial charge < -0.3 is 5.32 Å². The molecule has 4 nitrogen and oxygen atoms in total. The average molecular weight is 432 g/mol. The first-order chi connectivity index (χ1) is 12.1. The van der Waals surface area contributed by atoms with Crippen molar-refractivity contribution in [3.05, 3.63) is 51.8 Å². The van der Waals surface area contributed by atoms with Crippen LogP contribution >= 0.6 is 15.9 Å². The van der Waals surface area contributed by atoms with Crippen LogP contribution in [0.1, 0.15) is 54.8 Å². The SMILES string of the molecule is CC(C)n1ncc(C(=O)N[C@@H](C)CCc2ccc(Br)cc2)c1C(F)(F)F. The van der Waals surface area contributed by atoms with Crippen molar-refractivity contribution in [3.63, 3.8) is 0 Å². The topological polar surface area (TPSA) is 46.9 Å². The maximum atomic E-state index is 13.4. The lowest BCUT2D eigenvalue weighted by Crippen LogP contribution is -2.34. The van der Waals surface area contributed by atoms with Crippen molar-refractivity contribution >= 4 is 21.8 Å². The van der Waals surface area contributed by atoms with Crippen molar-refractivity contribution in [2.24, 2.45) is 0 Å². The van der Waals surface area contributed by atoms with Gasteiger partial charge >= 0.3 is 6.18 Å². The van der Waals surface area contributed by atoms with E-state index in [0.717, 1.165) is 20.9 Å². The van der Waals surface area contributed by atoms with Crippen LogP contribution in [0.25, 0.3) is 0 Å². The minimum atomic E-state index is -4.64. The number of aromatic nitrogens is 2. The van der Waals surface area contributed by atoms with Gasteiger partial charge in [0.25, 0.3) is 5.91 Å². The molecular formula is C18H21BrF3N3O. The van der Waals surface area contributed by atoms with Gasteiger partial charge in [0, 0.05) is 16.6 Å². The molecule has 0 radical (unpaired) electrons. The summed E-state index contributed by atoms with van der Waals surface area (Å²) in [7, 11) is 0. The predicted octanol–water partition coefficient (Wildman–Crippen LogP) is 5.00. The quantitative estimate of drug-likeness (QED) is 0.699. The van der Waals surface area contributed by atoms with Crippen molar-refractivity contribution in [3.8, 4) is 0 Å². The number of benzene rings is 1. The lowest BCUT2D eigenvalue weighted by Gasteiger charge is -2.17. The number of aryl methyl sites for hydroxylation is 1. The van der Waals surface area contributed by atoms with E-state index < -0.39 is 29.4 Å². The molecular weight excluding hydrogens is 411 g/mol. The summed E-state index contributed by atoms with van der Waals surface area (Å²) in [5.41, 5.74) is -0.357. The van der Waals surface area contributed by atoms with Gasteiger partial charge in [0.05, 0.1) is 11.8 Å². The molecule has 0 aliphatic heterocycles. The first-order valence-electron chi connectivity index (χ1n) is 8.29. The highest BCUT2D eigenvalue weighted by Crippen LogP contribution is 2.33. The summed E-state index contributed by atoms with van der Waals surface area (Å²) in [4.78, 5) is 12.3. The molecule has 142 valence electrons. The second kappa shape index (κ2) is 8.24. The molecule has 1 atom stereocenters. The Bertz CT molecular complexity index is 754. The molecule has 1 heterocycles. The molecule has 2 rings (SSSR count). The van der Waals surface area contributed by atoms with Crippen LogP contribution in [0, 0.1) is 0 Å². The number of carbonyl (C=O) groups is 1. The molecule has 8 heteroatoms. The minimum Gasteiger partial charge on any atom is -0.349 e. The number of carbonyl (C=O) groups excluding carboxylic acids is 1. The maximum Gasteiger partial charge on any atom is 0.433 e. The van der Waals surface area contributed by atoms with Gasteiger partial charge in [-0.3, -0.25) is 9.48 Å². The highest BCUT2D eigenvalue weighted by Gasteiger charge is 2.40. The molecule has 1 amide bonds. The second-order valence-corrected chi connectivity index (χ2v) is 7.40. The van der Waals surface area contributed by atoms with Crippen LogP contribution in [0.4, 0.5) is 13.2 Å². The third-order valence-electron chi connectivity index (χ3n) is 3.95.